The lowest BCUT2D eigenvalue weighted by molar-refractivity contribution is -0.117. The van der Waals surface area contributed by atoms with Gasteiger partial charge in [0, 0.05) is 33.8 Å². The normalized spacial score (nSPS) is 13.6. The zero-order valence-electron chi connectivity index (χ0n) is 17.8. The Hall–Kier alpha value is -2.41. The Bertz CT molecular complexity index is 980. The van der Waals surface area contributed by atoms with Gasteiger partial charge in [0.15, 0.2) is 6.61 Å². The average Bonchev–Trinajstić information content (AvgIpc) is 3.39. The summed E-state index contributed by atoms with van der Waals surface area (Å²) in [6, 6.07) is 2.08. The van der Waals surface area contributed by atoms with E-state index >= 15 is 0 Å². The zero-order chi connectivity index (χ0) is 21.5. The van der Waals surface area contributed by atoms with Crippen molar-refractivity contribution < 1.29 is 19.1 Å². The Morgan fingerprint density at radius 2 is 1.86 bits per heavy atom. The fourth-order valence-corrected chi connectivity index (χ4v) is 4.71. The molecular weight excluding hydrogens is 388 g/mol. The second kappa shape index (κ2) is 8.14. The van der Waals surface area contributed by atoms with Gasteiger partial charge in [-0.3, -0.25) is 9.59 Å². The van der Waals surface area contributed by atoms with Crippen molar-refractivity contribution in [3.05, 3.63) is 39.0 Å². The van der Waals surface area contributed by atoms with Crippen LogP contribution in [0, 0.1) is 33.6 Å². The topological polar surface area (TPSA) is 77.4 Å². The Balaban J connectivity index is 1.73. The number of Topliss-reactive ketones (excluding diaryl/α,β-unsaturated/α-hetero) is 1. The third-order valence-electron chi connectivity index (χ3n) is 5.41. The Labute approximate surface area is 175 Å². The number of nitrogens with zero attached hydrogens (tertiary/aromatic N) is 1. The highest BCUT2D eigenvalue weighted by Crippen LogP contribution is 2.36. The van der Waals surface area contributed by atoms with Crippen molar-refractivity contribution in [2.45, 2.75) is 60.4 Å². The van der Waals surface area contributed by atoms with E-state index in [1.54, 1.807) is 0 Å². The maximum atomic E-state index is 12.7. The molecule has 2 heterocycles. The molecule has 29 heavy (non-hydrogen) atoms. The molecule has 2 aromatic rings. The molecule has 6 nitrogen and oxygen atoms in total. The van der Waals surface area contributed by atoms with E-state index < -0.39 is 5.97 Å². The van der Waals surface area contributed by atoms with Crippen LogP contribution in [0.1, 0.15) is 75.3 Å². The molecular formula is C22H28N2O4S. The summed E-state index contributed by atoms with van der Waals surface area (Å²) in [5, 5.41) is 3.36. The second-order valence-electron chi connectivity index (χ2n) is 8.00. The first-order valence-electron chi connectivity index (χ1n) is 9.91. The molecule has 0 atom stereocenters. The summed E-state index contributed by atoms with van der Waals surface area (Å²) >= 11 is 1.36. The molecule has 3 rings (SSSR count). The summed E-state index contributed by atoms with van der Waals surface area (Å²) in [6.07, 6.45) is 1.77. The van der Waals surface area contributed by atoms with Crippen molar-refractivity contribution in [2.24, 2.45) is 5.92 Å². The monoisotopic (exact) mass is 416 g/mol. The Morgan fingerprint density at radius 3 is 2.41 bits per heavy atom. The molecule has 1 aliphatic rings. The van der Waals surface area contributed by atoms with Gasteiger partial charge in [0.2, 0.25) is 11.7 Å². The molecule has 0 aromatic carbocycles. The number of anilines is 1. The van der Waals surface area contributed by atoms with Crippen molar-refractivity contribution in [1.29, 1.82) is 0 Å². The van der Waals surface area contributed by atoms with Gasteiger partial charge in [0.1, 0.15) is 5.00 Å². The maximum absolute atomic E-state index is 12.7. The summed E-state index contributed by atoms with van der Waals surface area (Å²) in [5.74, 6) is -0.827. The third kappa shape index (κ3) is 4.29. The van der Waals surface area contributed by atoms with Gasteiger partial charge in [-0.2, -0.15) is 0 Å². The Kier molecular flexibility index (Phi) is 5.98. The lowest BCUT2D eigenvalue weighted by atomic mass is 10.1. The second-order valence-corrected chi connectivity index (χ2v) is 9.22. The number of hydrogen-bond acceptors (Lipinski definition) is 5. The number of carbonyl (C=O) groups excluding carboxylic acids is 3. The van der Waals surface area contributed by atoms with Crippen LogP contribution in [0.5, 0.6) is 0 Å². The fraction of sp³-hybridized carbons (Fsp3) is 0.500. The number of ketones is 1. The molecule has 1 aliphatic carbocycles. The van der Waals surface area contributed by atoms with Crippen molar-refractivity contribution in [2.75, 3.05) is 11.9 Å². The maximum Gasteiger partial charge on any atom is 0.341 e. The average molecular weight is 417 g/mol. The highest BCUT2D eigenvalue weighted by Gasteiger charge is 2.32. The Morgan fingerprint density at radius 1 is 1.21 bits per heavy atom. The number of aromatic nitrogens is 1. The number of hydrogen-bond donors (Lipinski definition) is 1. The molecule has 0 radical (unpaired) electrons. The predicted molar refractivity (Wildman–Crippen MR) is 114 cm³/mol. The molecule has 1 saturated carbocycles. The van der Waals surface area contributed by atoms with Gasteiger partial charge in [-0.1, -0.05) is 0 Å². The van der Waals surface area contributed by atoms with Crippen LogP contribution in [0.15, 0.2) is 6.07 Å². The number of rotatable bonds is 7. The largest absolute Gasteiger partial charge is 0.454 e. The van der Waals surface area contributed by atoms with Gasteiger partial charge in [0.05, 0.1) is 5.56 Å². The highest BCUT2D eigenvalue weighted by molar-refractivity contribution is 7.16. The summed E-state index contributed by atoms with van der Waals surface area (Å²) in [4.78, 5) is 38.5. The molecule has 0 spiro atoms. The van der Waals surface area contributed by atoms with E-state index in [9.17, 15) is 14.4 Å². The first kappa shape index (κ1) is 21.3. The van der Waals surface area contributed by atoms with Gasteiger partial charge < -0.3 is 14.6 Å². The smallest absolute Gasteiger partial charge is 0.341 e. The van der Waals surface area contributed by atoms with Gasteiger partial charge in [-0.25, -0.2) is 4.79 Å². The molecule has 7 heteroatoms. The molecule has 0 unspecified atom stereocenters. The summed E-state index contributed by atoms with van der Waals surface area (Å²) in [6.45, 7) is 11.4. The standard InChI is InChI=1S/C22H28N2O4S/c1-11(2)24-12(3)9-17(14(24)5)18(25)10-28-22(27)19-13(4)15(6)29-21(19)23-20(26)16-7-8-16/h9,11,16H,7-8,10H2,1-6H3,(H,23,26). The van der Waals surface area contributed by atoms with E-state index in [2.05, 4.69) is 23.7 Å². The number of esters is 1. The van der Waals surface area contributed by atoms with Gasteiger partial charge in [-0.05, 0) is 66.0 Å². The molecule has 0 aliphatic heterocycles. The van der Waals surface area contributed by atoms with Crippen molar-refractivity contribution >= 4 is 34.0 Å². The van der Waals surface area contributed by atoms with Crippen LogP contribution in [-0.4, -0.2) is 28.8 Å². The minimum atomic E-state index is -0.580. The first-order chi connectivity index (χ1) is 13.6. The van der Waals surface area contributed by atoms with Crippen LogP contribution < -0.4 is 5.32 Å². The van der Waals surface area contributed by atoms with Crippen LogP contribution >= 0.6 is 11.3 Å². The number of carbonyl (C=O) groups is 3. The zero-order valence-corrected chi connectivity index (χ0v) is 18.7. The van der Waals surface area contributed by atoms with Gasteiger partial charge >= 0.3 is 5.97 Å². The first-order valence-corrected chi connectivity index (χ1v) is 10.7. The van der Waals surface area contributed by atoms with Crippen LogP contribution in [0.4, 0.5) is 5.00 Å². The molecule has 1 fully saturated rings. The van der Waals surface area contributed by atoms with Crippen LogP contribution in [0.25, 0.3) is 0 Å². The summed E-state index contributed by atoms with van der Waals surface area (Å²) in [7, 11) is 0. The fourth-order valence-electron chi connectivity index (χ4n) is 3.66. The van der Waals surface area contributed by atoms with Crippen LogP contribution in [0.3, 0.4) is 0 Å². The van der Waals surface area contributed by atoms with Crippen LogP contribution in [-0.2, 0) is 9.53 Å². The lowest BCUT2D eigenvalue weighted by Crippen LogP contribution is -2.18. The van der Waals surface area contributed by atoms with Crippen LogP contribution in [0.2, 0.25) is 0 Å². The van der Waals surface area contributed by atoms with Gasteiger partial charge in [-0.15, -0.1) is 11.3 Å². The highest BCUT2D eigenvalue weighted by atomic mass is 32.1. The minimum Gasteiger partial charge on any atom is -0.454 e. The van der Waals surface area contributed by atoms with E-state index in [0.29, 0.717) is 16.1 Å². The molecule has 1 amide bonds. The molecule has 2 aromatic heterocycles. The summed E-state index contributed by atoms with van der Waals surface area (Å²) < 4.78 is 7.45. The lowest BCUT2D eigenvalue weighted by Gasteiger charge is -2.13. The quantitative estimate of drug-likeness (QED) is 0.522. The summed E-state index contributed by atoms with van der Waals surface area (Å²) in [5.41, 5.74) is 3.57. The van der Waals surface area contributed by atoms with Crippen molar-refractivity contribution in [1.82, 2.24) is 4.57 Å². The van der Waals surface area contributed by atoms with E-state index in [1.807, 2.05) is 33.8 Å². The van der Waals surface area contributed by atoms with E-state index in [0.717, 1.165) is 34.7 Å². The number of ether oxygens (including phenoxy) is 1. The van der Waals surface area contributed by atoms with Crippen molar-refractivity contribution in [3.63, 3.8) is 0 Å². The predicted octanol–water partition coefficient (Wildman–Crippen LogP) is 4.75. The number of aryl methyl sites for hydroxylation is 2. The van der Waals surface area contributed by atoms with Crippen molar-refractivity contribution in [3.8, 4) is 0 Å². The molecule has 156 valence electrons. The number of thiophene rings is 1. The van der Waals surface area contributed by atoms with E-state index in [1.165, 1.54) is 11.3 Å². The van der Waals surface area contributed by atoms with Gasteiger partial charge in [0.25, 0.3) is 0 Å². The number of amides is 1. The van der Waals surface area contributed by atoms with E-state index in [4.69, 9.17) is 4.74 Å². The molecule has 0 saturated heterocycles. The minimum absolute atomic E-state index is 0.0411. The number of nitrogens with one attached hydrogen (secondary N) is 1. The SMILES string of the molecule is Cc1sc(NC(=O)C2CC2)c(C(=O)OCC(=O)c2cc(C)n(C(C)C)c2C)c1C. The third-order valence-corrected chi connectivity index (χ3v) is 6.53. The molecule has 1 N–H and O–H groups in total. The van der Waals surface area contributed by atoms with E-state index in [-0.39, 0.29) is 30.3 Å². The molecule has 0 bridgehead atoms.